The van der Waals surface area contributed by atoms with Crippen LogP contribution in [0, 0.1) is 15.9 Å². The molecular formula is C11H12FNO4. The summed E-state index contributed by atoms with van der Waals surface area (Å²) in [5, 5.41) is 20.3. The van der Waals surface area contributed by atoms with Gasteiger partial charge in [-0.15, -0.1) is 0 Å². The van der Waals surface area contributed by atoms with Crippen molar-refractivity contribution in [3.05, 3.63) is 34.1 Å². The molecular weight excluding hydrogens is 229 g/mol. The summed E-state index contributed by atoms with van der Waals surface area (Å²) in [6, 6.07) is 3.54. The smallest absolute Gasteiger partial charge is 0.314 e. The Morgan fingerprint density at radius 3 is 2.82 bits per heavy atom. The predicted molar refractivity (Wildman–Crippen MR) is 57.3 cm³/mol. The Morgan fingerprint density at radius 1 is 1.47 bits per heavy atom. The van der Waals surface area contributed by atoms with E-state index >= 15 is 0 Å². The molecule has 0 amide bonds. The average Bonchev–Trinajstić information content (AvgIpc) is 2.67. The van der Waals surface area contributed by atoms with Crippen molar-refractivity contribution in [1.29, 1.82) is 0 Å². The molecule has 1 aliphatic rings. The zero-order chi connectivity index (χ0) is 12.4. The third-order valence-electron chi connectivity index (χ3n) is 2.83. The molecule has 0 aliphatic heterocycles. The number of para-hydroxylation sites is 1. The Balaban J connectivity index is 2.27. The Labute approximate surface area is 97.0 Å². The quantitative estimate of drug-likeness (QED) is 0.649. The monoisotopic (exact) mass is 241 g/mol. The molecule has 1 aliphatic carbocycles. The molecule has 1 aromatic carbocycles. The Bertz CT molecular complexity index is 437. The van der Waals surface area contributed by atoms with E-state index in [9.17, 15) is 19.6 Å². The number of rotatable bonds is 3. The highest BCUT2D eigenvalue weighted by atomic mass is 19.1. The predicted octanol–water partition coefficient (Wildman–Crippen LogP) is 2.03. The van der Waals surface area contributed by atoms with E-state index in [0.29, 0.717) is 12.8 Å². The van der Waals surface area contributed by atoms with Gasteiger partial charge in [-0.25, -0.2) is 4.39 Å². The second-order valence-electron chi connectivity index (χ2n) is 4.00. The first kappa shape index (κ1) is 11.8. The average molecular weight is 241 g/mol. The largest absolute Gasteiger partial charge is 0.479 e. The van der Waals surface area contributed by atoms with Crippen LogP contribution in [0.15, 0.2) is 18.2 Å². The number of nitro benzene ring substituents is 1. The Hall–Kier alpha value is -1.69. The maximum absolute atomic E-state index is 13.5. The molecule has 1 saturated carbocycles. The van der Waals surface area contributed by atoms with Crippen molar-refractivity contribution in [3.8, 4) is 5.75 Å². The molecule has 1 fully saturated rings. The number of nitro groups is 1. The van der Waals surface area contributed by atoms with Crippen LogP contribution in [-0.2, 0) is 0 Å². The van der Waals surface area contributed by atoms with Crippen LogP contribution < -0.4 is 4.74 Å². The fourth-order valence-corrected chi connectivity index (χ4v) is 1.95. The summed E-state index contributed by atoms with van der Waals surface area (Å²) in [6.07, 6.45) is 0.674. The molecule has 2 rings (SSSR count). The second-order valence-corrected chi connectivity index (χ2v) is 4.00. The van der Waals surface area contributed by atoms with Crippen molar-refractivity contribution in [1.82, 2.24) is 0 Å². The van der Waals surface area contributed by atoms with E-state index < -0.39 is 28.6 Å². The van der Waals surface area contributed by atoms with Crippen LogP contribution in [0.4, 0.5) is 10.1 Å². The standard InChI is InChI=1S/C11H12FNO4/c12-7-3-1-4-8(13(15)16)11(7)17-10-6-2-5-9(10)14/h1,3-4,9-10,14H,2,5-6H2. The van der Waals surface area contributed by atoms with Crippen LogP contribution in [0.3, 0.4) is 0 Å². The lowest BCUT2D eigenvalue weighted by atomic mass is 10.2. The molecule has 1 aromatic rings. The molecule has 2 atom stereocenters. The summed E-state index contributed by atoms with van der Waals surface area (Å²) in [5.74, 6) is -1.17. The third kappa shape index (κ3) is 2.36. The number of ether oxygens (including phenoxy) is 1. The van der Waals surface area contributed by atoms with Crippen LogP contribution >= 0.6 is 0 Å². The van der Waals surface area contributed by atoms with Gasteiger partial charge in [0.05, 0.1) is 11.0 Å². The van der Waals surface area contributed by atoms with Crippen molar-refractivity contribution < 1.29 is 19.2 Å². The van der Waals surface area contributed by atoms with Gasteiger partial charge in [0.15, 0.2) is 5.82 Å². The van der Waals surface area contributed by atoms with Gasteiger partial charge in [0.1, 0.15) is 6.10 Å². The van der Waals surface area contributed by atoms with Crippen LogP contribution in [0.25, 0.3) is 0 Å². The molecule has 0 saturated heterocycles. The van der Waals surface area contributed by atoms with Crippen LogP contribution in [-0.4, -0.2) is 22.2 Å². The molecule has 17 heavy (non-hydrogen) atoms. The summed E-state index contributed by atoms with van der Waals surface area (Å²) in [4.78, 5) is 10.0. The van der Waals surface area contributed by atoms with E-state index in [4.69, 9.17) is 4.74 Å². The maximum Gasteiger partial charge on any atom is 0.314 e. The van der Waals surface area contributed by atoms with E-state index in [0.717, 1.165) is 12.5 Å². The molecule has 92 valence electrons. The third-order valence-corrected chi connectivity index (χ3v) is 2.83. The number of halogens is 1. The number of aliphatic hydroxyl groups excluding tert-OH is 1. The van der Waals surface area contributed by atoms with E-state index in [1.807, 2.05) is 0 Å². The van der Waals surface area contributed by atoms with Gasteiger partial charge in [-0.2, -0.15) is 0 Å². The first-order valence-corrected chi connectivity index (χ1v) is 5.37. The van der Waals surface area contributed by atoms with Gasteiger partial charge in [-0.1, -0.05) is 6.07 Å². The van der Waals surface area contributed by atoms with Crippen molar-refractivity contribution in [3.63, 3.8) is 0 Å². The van der Waals surface area contributed by atoms with E-state index in [-0.39, 0.29) is 5.75 Å². The van der Waals surface area contributed by atoms with Crippen molar-refractivity contribution >= 4 is 5.69 Å². The van der Waals surface area contributed by atoms with Crippen molar-refractivity contribution in [2.45, 2.75) is 31.5 Å². The number of benzene rings is 1. The summed E-state index contributed by atoms with van der Waals surface area (Å²) < 4.78 is 18.7. The normalized spacial score (nSPS) is 23.6. The van der Waals surface area contributed by atoms with E-state index in [1.54, 1.807) is 0 Å². The van der Waals surface area contributed by atoms with Crippen LogP contribution in [0.5, 0.6) is 5.75 Å². The van der Waals surface area contributed by atoms with Crippen LogP contribution in [0.1, 0.15) is 19.3 Å². The maximum atomic E-state index is 13.5. The first-order chi connectivity index (χ1) is 8.09. The molecule has 2 unspecified atom stereocenters. The van der Waals surface area contributed by atoms with E-state index in [2.05, 4.69) is 0 Å². The highest BCUT2D eigenvalue weighted by Gasteiger charge is 2.30. The summed E-state index contributed by atoms with van der Waals surface area (Å²) >= 11 is 0. The summed E-state index contributed by atoms with van der Waals surface area (Å²) in [6.45, 7) is 0. The molecule has 5 nitrogen and oxygen atoms in total. The highest BCUT2D eigenvalue weighted by Crippen LogP contribution is 2.33. The van der Waals surface area contributed by atoms with Gasteiger partial charge in [0.25, 0.3) is 0 Å². The molecule has 1 N–H and O–H groups in total. The lowest BCUT2D eigenvalue weighted by molar-refractivity contribution is -0.386. The molecule has 0 heterocycles. The van der Waals surface area contributed by atoms with Gasteiger partial charge in [-0.3, -0.25) is 10.1 Å². The van der Waals surface area contributed by atoms with Crippen molar-refractivity contribution in [2.24, 2.45) is 0 Å². The number of aliphatic hydroxyl groups is 1. The fraction of sp³-hybridized carbons (Fsp3) is 0.455. The highest BCUT2D eigenvalue weighted by molar-refractivity contribution is 5.47. The Morgan fingerprint density at radius 2 is 2.24 bits per heavy atom. The molecule has 0 aromatic heterocycles. The minimum Gasteiger partial charge on any atom is -0.479 e. The molecule has 0 radical (unpaired) electrons. The minimum absolute atomic E-state index is 0.386. The lowest BCUT2D eigenvalue weighted by Gasteiger charge is -2.17. The fourth-order valence-electron chi connectivity index (χ4n) is 1.95. The SMILES string of the molecule is O=[N+]([O-])c1cccc(F)c1OC1CCCC1O. The summed E-state index contributed by atoms with van der Waals surface area (Å²) in [5.41, 5.74) is -0.413. The van der Waals surface area contributed by atoms with Gasteiger partial charge in [-0.05, 0) is 25.3 Å². The molecule has 6 heteroatoms. The van der Waals surface area contributed by atoms with E-state index in [1.165, 1.54) is 12.1 Å². The summed E-state index contributed by atoms with van der Waals surface area (Å²) in [7, 11) is 0. The lowest BCUT2D eigenvalue weighted by Crippen LogP contribution is -2.26. The van der Waals surface area contributed by atoms with Crippen molar-refractivity contribution in [2.75, 3.05) is 0 Å². The first-order valence-electron chi connectivity index (χ1n) is 5.37. The van der Waals surface area contributed by atoms with Gasteiger partial charge in [0, 0.05) is 6.07 Å². The zero-order valence-electron chi connectivity index (χ0n) is 9.01. The topological polar surface area (TPSA) is 72.6 Å². The molecule has 0 spiro atoms. The minimum atomic E-state index is -0.779. The zero-order valence-corrected chi connectivity index (χ0v) is 9.01. The van der Waals surface area contributed by atoms with Gasteiger partial charge < -0.3 is 9.84 Å². The van der Waals surface area contributed by atoms with Gasteiger partial charge >= 0.3 is 5.69 Å². The molecule has 0 bridgehead atoms. The van der Waals surface area contributed by atoms with Crippen LogP contribution in [0.2, 0.25) is 0 Å². The van der Waals surface area contributed by atoms with Gasteiger partial charge in [0.2, 0.25) is 5.75 Å². The second kappa shape index (κ2) is 4.67. The number of hydrogen-bond acceptors (Lipinski definition) is 4. The number of hydrogen-bond donors (Lipinski definition) is 1. The Kier molecular flexibility index (Phi) is 3.23. The number of nitrogens with zero attached hydrogens (tertiary/aromatic N) is 1.